The van der Waals surface area contributed by atoms with E-state index in [0.29, 0.717) is 11.4 Å². The first-order valence-corrected chi connectivity index (χ1v) is 6.25. The highest BCUT2D eigenvalue weighted by molar-refractivity contribution is 7.12. The zero-order valence-electron chi connectivity index (χ0n) is 10.4. The van der Waals surface area contributed by atoms with Crippen molar-refractivity contribution >= 4 is 17.3 Å². The molecule has 0 atom stereocenters. The minimum atomic E-state index is -0.964. The van der Waals surface area contributed by atoms with Crippen molar-refractivity contribution in [3.8, 4) is 17.0 Å². The number of aromatic carboxylic acids is 1. The van der Waals surface area contributed by atoms with Crippen LogP contribution in [0.2, 0.25) is 0 Å². The van der Waals surface area contributed by atoms with Crippen LogP contribution in [-0.4, -0.2) is 23.2 Å². The van der Waals surface area contributed by atoms with E-state index in [1.54, 1.807) is 7.11 Å². The molecule has 0 fully saturated rings. The SMILES string of the molecule is COc1c(C)cc(C)cc1-c1ncsc1C(=O)O. The number of methoxy groups -OCH3 is 1. The smallest absolute Gasteiger partial charge is 0.348 e. The number of thiazole rings is 1. The molecular weight excluding hydrogens is 250 g/mol. The maximum Gasteiger partial charge on any atom is 0.348 e. The van der Waals surface area contributed by atoms with Crippen LogP contribution in [-0.2, 0) is 0 Å². The molecule has 0 unspecified atom stereocenters. The van der Waals surface area contributed by atoms with Crippen molar-refractivity contribution in [2.45, 2.75) is 13.8 Å². The zero-order valence-corrected chi connectivity index (χ0v) is 11.2. The monoisotopic (exact) mass is 263 g/mol. The normalized spacial score (nSPS) is 10.4. The summed E-state index contributed by atoms with van der Waals surface area (Å²) in [5, 5.41) is 9.15. The number of hydrogen-bond acceptors (Lipinski definition) is 4. The van der Waals surface area contributed by atoms with Gasteiger partial charge < -0.3 is 9.84 Å². The van der Waals surface area contributed by atoms with Gasteiger partial charge in [0.2, 0.25) is 0 Å². The van der Waals surface area contributed by atoms with Gasteiger partial charge in [-0.05, 0) is 31.0 Å². The standard InChI is InChI=1S/C13H13NO3S/c1-7-4-8(2)11(17-3)9(5-7)10-12(13(15)16)18-6-14-10/h4-6H,1-3H3,(H,15,16). The van der Waals surface area contributed by atoms with Crippen molar-refractivity contribution < 1.29 is 14.6 Å². The highest BCUT2D eigenvalue weighted by Crippen LogP contribution is 2.36. The summed E-state index contributed by atoms with van der Waals surface area (Å²) in [6.45, 7) is 3.89. The fourth-order valence-electron chi connectivity index (χ4n) is 1.99. The Balaban J connectivity index is 2.70. The number of carbonyl (C=O) groups is 1. The van der Waals surface area contributed by atoms with E-state index in [1.807, 2.05) is 26.0 Å². The molecule has 0 radical (unpaired) electrons. The summed E-state index contributed by atoms with van der Waals surface area (Å²) < 4.78 is 5.36. The predicted molar refractivity (Wildman–Crippen MR) is 70.5 cm³/mol. The predicted octanol–water partition coefficient (Wildman–Crippen LogP) is 3.13. The molecule has 0 saturated heterocycles. The van der Waals surface area contributed by atoms with Gasteiger partial charge in [-0.3, -0.25) is 0 Å². The van der Waals surface area contributed by atoms with Gasteiger partial charge in [0.25, 0.3) is 0 Å². The van der Waals surface area contributed by atoms with E-state index < -0.39 is 5.97 Å². The van der Waals surface area contributed by atoms with Crippen molar-refractivity contribution in [2.24, 2.45) is 0 Å². The molecule has 0 bridgehead atoms. The highest BCUT2D eigenvalue weighted by Gasteiger charge is 2.19. The molecule has 0 aliphatic heterocycles. The Labute approximate surface area is 109 Å². The summed E-state index contributed by atoms with van der Waals surface area (Å²) in [4.78, 5) is 15.5. The second kappa shape index (κ2) is 4.78. The van der Waals surface area contributed by atoms with Crippen molar-refractivity contribution in [3.05, 3.63) is 33.6 Å². The van der Waals surface area contributed by atoms with Crippen LogP contribution in [0, 0.1) is 13.8 Å². The lowest BCUT2D eigenvalue weighted by Crippen LogP contribution is -1.99. The first kappa shape index (κ1) is 12.6. The van der Waals surface area contributed by atoms with Crippen molar-refractivity contribution in [1.82, 2.24) is 4.98 Å². The Morgan fingerprint density at radius 3 is 2.72 bits per heavy atom. The number of aryl methyl sites for hydroxylation is 2. The number of carboxylic acids is 1. The van der Waals surface area contributed by atoms with Crippen molar-refractivity contribution in [2.75, 3.05) is 7.11 Å². The zero-order chi connectivity index (χ0) is 13.3. The molecule has 18 heavy (non-hydrogen) atoms. The largest absolute Gasteiger partial charge is 0.496 e. The Morgan fingerprint density at radius 1 is 1.39 bits per heavy atom. The van der Waals surface area contributed by atoms with Crippen LogP contribution >= 0.6 is 11.3 Å². The fraction of sp³-hybridized carbons (Fsp3) is 0.231. The first-order chi connectivity index (χ1) is 8.54. The lowest BCUT2D eigenvalue weighted by atomic mass is 10.0. The minimum absolute atomic E-state index is 0.235. The lowest BCUT2D eigenvalue weighted by molar-refractivity contribution is 0.0702. The summed E-state index contributed by atoms with van der Waals surface area (Å²) in [6, 6.07) is 3.89. The summed E-state index contributed by atoms with van der Waals surface area (Å²) in [5.41, 5.74) is 4.75. The summed E-state index contributed by atoms with van der Waals surface area (Å²) in [7, 11) is 1.58. The maximum absolute atomic E-state index is 11.2. The molecule has 94 valence electrons. The fourth-order valence-corrected chi connectivity index (χ4v) is 2.63. The molecule has 4 nitrogen and oxygen atoms in total. The second-order valence-corrected chi connectivity index (χ2v) is 4.85. The van der Waals surface area contributed by atoms with E-state index in [9.17, 15) is 4.79 Å². The number of carboxylic acid groups (broad SMARTS) is 1. The first-order valence-electron chi connectivity index (χ1n) is 5.37. The number of nitrogens with zero attached hydrogens (tertiary/aromatic N) is 1. The maximum atomic E-state index is 11.2. The number of ether oxygens (including phenoxy) is 1. The molecule has 1 N–H and O–H groups in total. The Hall–Kier alpha value is -1.88. The molecule has 0 aliphatic carbocycles. The molecule has 5 heteroatoms. The Kier molecular flexibility index (Phi) is 3.34. The number of aromatic nitrogens is 1. The number of rotatable bonds is 3. The van der Waals surface area contributed by atoms with Crippen LogP contribution in [0.4, 0.5) is 0 Å². The van der Waals surface area contributed by atoms with Gasteiger partial charge in [0.05, 0.1) is 18.3 Å². The van der Waals surface area contributed by atoms with E-state index in [0.717, 1.165) is 28.0 Å². The van der Waals surface area contributed by atoms with Crippen LogP contribution in [0.1, 0.15) is 20.8 Å². The Bertz CT molecular complexity index is 604. The highest BCUT2D eigenvalue weighted by atomic mass is 32.1. The third kappa shape index (κ3) is 2.09. The van der Waals surface area contributed by atoms with E-state index >= 15 is 0 Å². The van der Waals surface area contributed by atoms with Gasteiger partial charge in [0.1, 0.15) is 10.6 Å². The summed E-state index contributed by atoms with van der Waals surface area (Å²) in [5.74, 6) is -0.289. The Morgan fingerprint density at radius 2 is 2.11 bits per heavy atom. The van der Waals surface area contributed by atoms with Gasteiger partial charge in [-0.1, -0.05) is 6.07 Å². The molecule has 1 aromatic heterocycles. The van der Waals surface area contributed by atoms with Crippen LogP contribution in [0.15, 0.2) is 17.6 Å². The molecule has 2 aromatic rings. The molecule has 0 spiro atoms. The van der Waals surface area contributed by atoms with Crippen LogP contribution < -0.4 is 4.74 Å². The van der Waals surface area contributed by atoms with Gasteiger partial charge in [-0.2, -0.15) is 0 Å². The van der Waals surface area contributed by atoms with Gasteiger partial charge in [-0.25, -0.2) is 9.78 Å². The summed E-state index contributed by atoms with van der Waals surface area (Å²) >= 11 is 1.12. The third-order valence-corrected chi connectivity index (χ3v) is 3.45. The van der Waals surface area contributed by atoms with Crippen LogP contribution in [0.3, 0.4) is 0 Å². The topological polar surface area (TPSA) is 59.4 Å². The van der Waals surface area contributed by atoms with Gasteiger partial charge in [0, 0.05) is 5.56 Å². The molecular formula is C13H13NO3S. The minimum Gasteiger partial charge on any atom is -0.496 e. The van der Waals surface area contributed by atoms with E-state index in [2.05, 4.69) is 4.98 Å². The third-order valence-electron chi connectivity index (χ3n) is 2.64. The molecule has 0 aliphatic rings. The van der Waals surface area contributed by atoms with Crippen molar-refractivity contribution in [3.63, 3.8) is 0 Å². The van der Waals surface area contributed by atoms with E-state index in [1.165, 1.54) is 5.51 Å². The average Bonchev–Trinajstić information content (AvgIpc) is 2.76. The molecule has 0 amide bonds. The summed E-state index contributed by atoms with van der Waals surface area (Å²) in [6.07, 6.45) is 0. The quantitative estimate of drug-likeness (QED) is 0.924. The molecule has 1 aromatic carbocycles. The number of hydrogen-bond donors (Lipinski definition) is 1. The number of benzene rings is 1. The lowest BCUT2D eigenvalue weighted by Gasteiger charge is -2.11. The second-order valence-electron chi connectivity index (χ2n) is 4.00. The molecule has 2 rings (SSSR count). The van der Waals surface area contributed by atoms with Crippen LogP contribution in [0.25, 0.3) is 11.3 Å². The van der Waals surface area contributed by atoms with E-state index in [4.69, 9.17) is 9.84 Å². The van der Waals surface area contributed by atoms with Crippen LogP contribution in [0.5, 0.6) is 5.75 Å². The van der Waals surface area contributed by atoms with Gasteiger partial charge >= 0.3 is 5.97 Å². The average molecular weight is 263 g/mol. The molecule has 1 heterocycles. The van der Waals surface area contributed by atoms with Crippen molar-refractivity contribution in [1.29, 1.82) is 0 Å². The molecule has 0 saturated carbocycles. The van der Waals surface area contributed by atoms with Gasteiger partial charge in [0.15, 0.2) is 0 Å². The van der Waals surface area contributed by atoms with E-state index in [-0.39, 0.29) is 4.88 Å². The van der Waals surface area contributed by atoms with Gasteiger partial charge in [-0.15, -0.1) is 11.3 Å².